The highest BCUT2D eigenvalue weighted by Gasteiger charge is 2.39. The molecular formula is C26H34F3N3O5S3. The number of alkyl halides is 3. The van der Waals surface area contributed by atoms with E-state index in [1.165, 1.54) is 31.7 Å². The molecule has 40 heavy (non-hydrogen) atoms. The van der Waals surface area contributed by atoms with E-state index in [1.807, 2.05) is 0 Å². The molecule has 0 radical (unpaired) electrons. The van der Waals surface area contributed by atoms with Crippen molar-refractivity contribution in [1.29, 1.82) is 0 Å². The van der Waals surface area contributed by atoms with Crippen LogP contribution in [0.4, 0.5) is 13.2 Å². The summed E-state index contributed by atoms with van der Waals surface area (Å²) in [5.74, 6) is -0.491. The van der Waals surface area contributed by atoms with Gasteiger partial charge in [-0.15, -0.1) is 11.3 Å². The minimum atomic E-state index is -4.95. The molecule has 1 amide bonds. The summed E-state index contributed by atoms with van der Waals surface area (Å²) in [5, 5.41) is 0.0831. The molecule has 0 spiro atoms. The molecule has 2 fully saturated rings. The summed E-state index contributed by atoms with van der Waals surface area (Å²) in [6, 6.07) is 3.09. The first-order chi connectivity index (χ1) is 18.5. The van der Waals surface area contributed by atoms with Gasteiger partial charge >= 0.3 is 6.18 Å². The van der Waals surface area contributed by atoms with Gasteiger partial charge < -0.3 is 4.90 Å². The fourth-order valence-corrected chi connectivity index (χ4v) is 8.99. The largest absolute Gasteiger partial charge is 0.417 e. The van der Waals surface area contributed by atoms with Gasteiger partial charge in [0, 0.05) is 18.6 Å². The van der Waals surface area contributed by atoms with Crippen LogP contribution in [0.1, 0.15) is 73.9 Å². The molecule has 1 saturated heterocycles. The molecule has 1 N–H and O–H groups in total. The number of carbonyl (C=O) groups excluding carboxylic acids is 1. The quantitative estimate of drug-likeness (QED) is 0.491. The molecular weight excluding hydrogens is 587 g/mol. The van der Waals surface area contributed by atoms with E-state index in [1.54, 1.807) is 0 Å². The Balaban J connectivity index is 1.77. The Bertz CT molecular complexity index is 1460. The molecule has 14 heteroatoms. The molecule has 4 rings (SSSR count). The number of sulfonamides is 1. The number of sulfone groups is 1. The third-order valence-corrected chi connectivity index (χ3v) is 11.6. The zero-order chi connectivity index (χ0) is 29.5. The van der Waals surface area contributed by atoms with Crippen molar-refractivity contribution >= 4 is 37.1 Å². The maximum absolute atomic E-state index is 14.2. The second kappa shape index (κ2) is 11.3. The lowest BCUT2D eigenvalue weighted by Gasteiger charge is -2.25. The summed E-state index contributed by atoms with van der Waals surface area (Å²) < 4.78 is 94.3. The van der Waals surface area contributed by atoms with Crippen LogP contribution in [0, 0.1) is 5.92 Å². The predicted octanol–water partition coefficient (Wildman–Crippen LogP) is 4.90. The zero-order valence-corrected chi connectivity index (χ0v) is 25.1. The van der Waals surface area contributed by atoms with Gasteiger partial charge in [0.1, 0.15) is 0 Å². The summed E-state index contributed by atoms with van der Waals surface area (Å²) in [5.41, 5.74) is -1.66. The highest BCUT2D eigenvalue weighted by atomic mass is 32.2. The maximum atomic E-state index is 14.2. The average molecular weight is 622 g/mol. The summed E-state index contributed by atoms with van der Waals surface area (Å²) in [6.45, 7) is 4.67. The standard InChI is InChI=1S/C26H34F3N3O5S3/c1-25(2,3)31-40(36,37)21-10-9-18(16-19(21)26(27,28)29)22-20(15-17-7-5-4-6-8-17)30-23(38-22)24(33)32-11-13-39(34,35)14-12-32/h9-10,16-17,31H,4-8,11-15H2,1-3H3. The van der Waals surface area contributed by atoms with Crippen molar-refractivity contribution in [1.82, 2.24) is 14.6 Å². The minimum Gasteiger partial charge on any atom is -0.335 e. The Morgan fingerprint density at radius 2 is 1.73 bits per heavy atom. The average Bonchev–Trinajstić information content (AvgIpc) is 3.25. The van der Waals surface area contributed by atoms with Crippen molar-refractivity contribution in [3.63, 3.8) is 0 Å². The SMILES string of the molecule is CC(C)(C)NS(=O)(=O)c1ccc(-c2sc(C(=O)N3CCS(=O)(=O)CC3)nc2CC2CCCCC2)cc1C(F)(F)F. The number of hydrogen-bond acceptors (Lipinski definition) is 7. The number of hydrogen-bond donors (Lipinski definition) is 1. The molecule has 2 heterocycles. The third kappa shape index (κ3) is 7.42. The molecule has 8 nitrogen and oxygen atoms in total. The Morgan fingerprint density at radius 3 is 2.30 bits per heavy atom. The first-order valence-electron chi connectivity index (χ1n) is 13.2. The maximum Gasteiger partial charge on any atom is 0.417 e. The number of halogens is 3. The number of nitrogens with zero attached hydrogens (tertiary/aromatic N) is 2. The van der Waals surface area contributed by atoms with Crippen LogP contribution in [-0.2, 0) is 32.5 Å². The van der Waals surface area contributed by atoms with Crippen LogP contribution in [0.3, 0.4) is 0 Å². The number of aromatic nitrogens is 1. The number of carbonyl (C=O) groups is 1. The van der Waals surface area contributed by atoms with Crippen molar-refractivity contribution in [3.05, 3.63) is 34.5 Å². The van der Waals surface area contributed by atoms with Crippen LogP contribution in [0.5, 0.6) is 0 Å². The van der Waals surface area contributed by atoms with E-state index in [0.29, 0.717) is 17.0 Å². The monoisotopic (exact) mass is 621 g/mol. The predicted molar refractivity (Wildman–Crippen MR) is 147 cm³/mol. The van der Waals surface area contributed by atoms with Crippen molar-refractivity contribution < 1.29 is 34.8 Å². The molecule has 0 atom stereocenters. The summed E-state index contributed by atoms with van der Waals surface area (Å²) in [7, 11) is -7.70. The molecule has 1 aliphatic carbocycles. The van der Waals surface area contributed by atoms with E-state index in [9.17, 15) is 34.8 Å². The van der Waals surface area contributed by atoms with Gasteiger partial charge in [-0.05, 0) is 50.8 Å². The molecule has 222 valence electrons. The normalized spacial score (nSPS) is 19.1. The van der Waals surface area contributed by atoms with Crippen LogP contribution in [0.2, 0.25) is 0 Å². The van der Waals surface area contributed by atoms with Crippen LogP contribution >= 0.6 is 11.3 Å². The van der Waals surface area contributed by atoms with E-state index in [2.05, 4.69) is 9.71 Å². The zero-order valence-electron chi connectivity index (χ0n) is 22.7. The molecule has 1 aliphatic heterocycles. The minimum absolute atomic E-state index is 0.0274. The van der Waals surface area contributed by atoms with Gasteiger partial charge in [0.2, 0.25) is 10.0 Å². The van der Waals surface area contributed by atoms with E-state index < -0.39 is 47.9 Å². The summed E-state index contributed by atoms with van der Waals surface area (Å²) in [4.78, 5) is 18.7. The van der Waals surface area contributed by atoms with Gasteiger partial charge in [-0.2, -0.15) is 13.2 Å². The molecule has 0 unspecified atom stereocenters. The van der Waals surface area contributed by atoms with Crippen molar-refractivity contribution in [3.8, 4) is 10.4 Å². The van der Waals surface area contributed by atoms with E-state index in [0.717, 1.165) is 55.6 Å². The highest BCUT2D eigenvalue weighted by Crippen LogP contribution is 2.41. The number of rotatable bonds is 6. The van der Waals surface area contributed by atoms with E-state index >= 15 is 0 Å². The second-order valence-corrected chi connectivity index (χ2v) is 16.5. The second-order valence-electron chi connectivity index (χ2n) is 11.5. The Morgan fingerprint density at radius 1 is 1.10 bits per heavy atom. The van der Waals surface area contributed by atoms with Gasteiger partial charge in [0.25, 0.3) is 5.91 Å². The van der Waals surface area contributed by atoms with Crippen molar-refractivity contribution in [2.75, 3.05) is 24.6 Å². The summed E-state index contributed by atoms with van der Waals surface area (Å²) in [6.07, 6.45) is 0.648. The Hall–Kier alpha value is -2.03. The smallest absolute Gasteiger partial charge is 0.335 e. The fraction of sp³-hybridized carbons (Fsp3) is 0.615. The van der Waals surface area contributed by atoms with Gasteiger partial charge in [-0.3, -0.25) is 4.79 Å². The Kier molecular flexibility index (Phi) is 8.76. The molecule has 2 aliphatic rings. The fourth-order valence-electron chi connectivity index (χ4n) is 5.11. The number of nitrogens with one attached hydrogen (secondary N) is 1. The number of benzene rings is 1. The Labute approximate surface area is 237 Å². The molecule has 1 aromatic carbocycles. The van der Waals surface area contributed by atoms with E-state index in [4.69, 9.17) is 0 Å². The first kappa shape index (κ1) is 30.9. The lowest BCUT2D eigenvalue weighted by atomic mass is 9.85. The summed E-state index contributed by atoms with van der Waals surface area (Å²) >= 11 is 0.961. The van der Waals surface area contributed by atoms with E-state index in [-0.39, 0.29) is 41.1 Å². The molecule has 0 bridgehead atoms. The number of thiazole rings is 1. The van der Waals surface area contributed by atoms with Crippen molar-refractivity contribution in [2.24, 2.45) is 5.92 Å². The van der Waals surface area contributed by atoms with Crippen molar-refractivity contribution in [2.45, 2.75) is 75.9 Å². The number of amides is 1. The van der Waals surface area contributed by atoms with Crippen LogP contribution in [0.25, 0.3) is 10.4 Å². The first-order valence-corrected chi connectivity index (χ1v) is 17.3. The molecule has 1 saturated carbocycles. The van der Waals surface area contributed by atoms with Crippen LogP contribution in [0.15, 0.2) is 23.1 Å². The van der Waals surface area contributed by atoms with Gasteiger partial charge in [-0.25, -0.2) is 26.5 Å². The topological polar surface area (TPSA) is 114 Å². The van der Waals surface area contributed by atoms with Crippen LogP contribution < -0.4 is 4.72 Å². The molecule has 2 aromatic rings. The lowest BCUT2D eigenvalue weighted by Crippen LogP contribution is -2.43. The van der Waals surface area contributed by atoms with Gasteiger partial charge in [0.15, 0.2) is 14.8 Å². The third-order valence-electron chi connectivity index (χ3n) is 7.00. The van der Waals surface area contributed by atoms with Gasteiger partial charge in [-0.1, -0.05) is 38.2 Å². The van der Waals surface area contributed by atoms with Crippen LogP contribution in [-0.4, -0.2) is 62.8 Å². The highest BCUT2D eigenvalue weighted by molar-refractivity contribution is 7.91. The van der Waals surface area contributed by atoms with Gasteiger partial charge in [0.05, 0.1) is 32.5 Å². The molecule has 1 aromatic heterocycles. The lowest BCUT2D eigenvalue weighted by molar-refractivity contribution is -0.139.